The van der Waals surface area contributed by atoms with Crippen LogP contribution in [0.3, 0.4) is 0 Å². The molecule has 3 fully saturated rings. The number of hydrogen-bond donors (Lipinski definition) is 1. The number of nitriles is 1. The first-order valence-electron chi connectivity index (χ1n) is 10.9. The predicted molar refractivity (Wildman–Crippen MR) is 104 cm³/mol. The molecule has 6 nitrogen and oxygen atoms in total. The Morgan fingerprint density at radius 1 is 1.14 bits per heavy atom. The van der Waals surface area contributed by atoms with Crippen LogP contribution in [0.15, 0.2) is 0 Å². The van der Waals surface area contributed by atoms with Gasteiger partial charge in [0, 0.05) is 18.4 Å². The molecule has 0 bridgehead atoms. The molecule has 0 aromatic heterocycles. The van der Waals surface area contributed by atoms with E-state index in [1.54, 1.807) is 4.90 Å². The molecular formula is C21H32F2N4O2. The Hall–Kier alpha value is -1.75. The van der Waals surface area contributed by atoms with E-state index in [-0.39, 0.29) is 37.9 Å². The molecule has 0 radical (unpaired) electrons. The Morgan fingerprint density at radius 3 is 2.55 bits per heavy atom. The minimum Gasteiger partial charge on any atom is -0.339 e. The van der Waals surface area contributed by atoms with E-state index in [0.29, 0.717) is 19.5 Å². The Labute approximate surface area is 171 Å². The van der Waals surface area contributed by atoms with Gasteiger partial charge in [0.1, 0.15) is 18.4 Å². The van der Waals surface area contributed by atoms with E-state index in [2.05, 4.69) is 5.32 Å². The minimum atomic E-state index is -1.13. The van der Waals surface area contributed by atoms with Crippen molar-refractivity contribution in [3.05, 3.63) is 0 Å². The van der Waals surface area contributed by atoms with Gasteiger partial charge in [-0.25, -0.2) is 8.78 Å². The number of alkyl halides is 2. The summed E-state index contributed by atoms with van der Waals surface area (Å²) in [6.07, 6.45) is 4.87. The van der Waals surface area contributed by atoms with Gasteiger partial charge in [-0.15, -0.1) is 0 Å². The normalized spacial score (nSPS) is 29.1. The molecule has 1 saturated carbocycles. The predicted octanol–water partition coefficient (Wildman–Crippen LogP) is 2.34. The fraction of sp³-hybridized carbons (Fsp3) is 0.857. The summed E-state index contributed by atoms with van der Waals surface area (Å²) < 4.78 is 27.0. The second-order valence-corrected chi connectivity index (χ2v) is 8.78. The van der Waals surface area contributed by atoms with E-state index in [4.69, 9.17) is 5.26 Å². The van der Waals surface area contributed by atoms with Gasteiger partial charge >= 0.3 is 0 Å². The van der Waals surface area contributed by atoms with Crippen molar-refractivity contribution in [3.63, 3.8) is 0 Å². The summed E-state index contributed by atoms with van der Waals surface area (Å²) in [5.74, 6) is -0.150. The molecule has 0 aromatic rings. The summed E-state index contributed by atoms with van der Waals surface area (Å²) in [4.78, 5) is 28.4. The topological polar surface area (TPSA) is 76.4 Å². The van der Waals surface area contributed by atoms with E-state index < -0.39 is 23.8 Å². The summed E-state index contributed by atoms with van der Waals surface area (Å²) >= 11 is 0. The van der Waals surface area contributed by atoms with Crippen LogP contribution in [0.1, 0.15) is 57.8 Å². The highest BCUT2D eigenvalue weighted by Crippen LogP contribution is 2.42. The number of likely N-dealkylation sites (tertiary alicyclic amines) is 2. The van der Waals surface area contributed by atoms with Gasteiger partial charge in [0.25, 0.3) is 0 Å². The first-order chi connectivity index (χ1) is 13.9. The number of carbonyl (C=O) groups is 2. The zero-order valence-electron chi connectivity index (χ0n) is 17.0. The molecule has 3 aliphatic rings. The molecule has 0 aromatic carbocycles. The maximum atomic E-state index is 13.6. The molecule has 2 amide bonds. The van der Waals surface area contributed by atoms with E-state index in [1.165, 1.54) is 4.90 Å². The van der Waals surface area contributed by atoms with Crippen molar-refractivity contribution in [2.75, 3.05) is 32.7 Å². The number of carbonyl (C=O) groups excluding carboxylic acids is 2. The van der Waals surface area contributed by atoms with Crippen LogP contribution < -0.4 is 5.32 Å². The average Bonchev–Trinajstić information content (AvgIpc) is 3.33. The second kappa shape index (κ2) is 9.84. The monoisotopic (exact) mass is 410 g/mol. The zero-order valence-corrected chi connectivity index (χ0v) is 17.0. The van der Waals surface area contributed by atoms with Crippen molar-refractivity contribution in [1.29, 1.82) is 5.26 Å². The Morgan fingerprint density at radius 2 is 1.90 bits per heavy atom. The number of hydrogen-bond acceptors (Lipinski definition) is 4. The van der Waals surface area contributed by atoms with Gasteiger partial charge in [-0.3, -0.25) is 9.59 Å². The molecule has 162 valence electrons. The average molecular weight is 411 g/mol. The molecule has 2 saturated heterocycles. The van der Waals surface area contributed by atoms with Crippen LogP contribution in [0.25, 0.3) is 0 Å². The van der Waals surface area contributed by atoms with Gasteiger partial charge in [-0.2, -0.15) is 5.26 Å². The Balaban J connectivity index is 1.45. The third-order valence-corrected chi connectivity index (χ3v) is 6.69. The number of rotatable bonds is 7. The van der Waals surface area contributed by atoms with Gasteiger partial charge in [0.2, 0.25) is 11.8 Å². The lowest BCUT2D eigenvalue weighted by atomic mass is 9.70. The van der Waals surface area contributed by atoms with E-state index >= 15 is 0 Å². The molecule has 2 aliphatic heterocycles. The SMILES string of the molecule is N#CC1CC(F)CN1C(=O)CNCCCC1(C(=O)N2CC[C@@H](F)C2)CCCCC1. The third-order valence-electron chi connectivity index (χ3n) is 6.69. The summed E-state index contributed by atoms with van der Waals surface area (Å²) in [6.45, 7) is 1.37. The van der Waals surface area contributed by atoms with Crippen LogP contribution in [0, 0.1) is 16.7 Å². The zero-order chi connectivity index (χ0) is 20.9. The first kappa shape index (κ1) is 21.9. The quantitative estimate of drug-likeness (QED) is 0.654. The van der Waals surface area contributed by atoms with Crippen molar-refractivity contribution in [2.45, 2.75) is 76.2 Å². The van der Waals surface area contributed by atoms with Crippen molar-refractivity contribution in [1.82, 2.24) is 15.1 Å². The smallest absolute Gasteiger partial charge is 0.237 e. The maximum absolute atomic E-state index is 13.6. The highest BCUT2D eigenvalue weighted by atomic mass is 19.1. The summed E-state index contributed by atoms with van der Waals surface area (Å²) in [6, 6.07) is 1.31. The Bertz CT molecular complexity index is 633. The van der Waals surface area contributed by atoms with Gasteiger partial charge in [0.15, 0.2) is 0 Å². The van der Waals surface area contributed by atoms with Gasteiger partial charge in [-0.05, 0) is 38.6 Å². The molecular weight excluding hydrogens is 378 g/mol. The van der Waals surface area contributed by atoms with Crippen LogP contribution in [0.5, 0.6) is 0 Å². The lowest BCUT2D eigenvalue weighted by molar-refractivity contribution is -0.144. The summed E-state index contributed by atoms with van der Waals surface area (Å²) in [7, 11) is 0. The van der Waals surface area contributed by atoms with Crippen molar-refractivity contribution < 1.29 is 18.4 Å². The van der Waals surface area contributed by atoms with Crippen molar-refractivity contribution in [2.24, 2.45) is 5.41 Å². The molecule has 1 aliphatic carbocycles. The van der Waals surface area contributed by atoms with Gasteiger partial charge in [-0.1, -0.05) is 19.3 Å². The summed E-state index contributed by atoms with van der Waals surface area (Å²) in [5, 5.41) is 12.1. The van der Waals surface area contributed by atoms with Crippen LogP contribution in [-0.2, 0) is 9.59 Å². The second-order valence-electron chi connectivity index (χ2n) is 8.78. The van der Waals surface area contributed by atoms with Crippen LogP contribution in [-0.4, -0.2) is 72.7 Å². The van der Waals surface area contributed by atoms with Crippen LogP contribution >= 0.6 is 0 Å². The lowest BCUT2D eigenvalue weighted by Gasteiger charge is -2.39. The van der Waals surface area contributed by atoms with E-state index in [1.807, 2.05) is 6.07 Å². The Kier molecular flexibility index (Phi) is 7.44. The van der Waals surface area contributed by atoms with Crippen molar-refractivity contribution in [3.8, 4) is 6.07 Å². The molecule has 2 heterocycles. The van der Waals surface area contributed by atoms with Crippen LogP contribution in [0.2, 0.25) is 0 Å². The highest BCUT2D eigenvalue weighted by molar-refractivity contribution is 5.83. The lowest BCUT2D eigenvalue weighted by Crippen LogP contribution is -2.45. The fourth-order valence-corrected chi connectivity index (χ4v) is 5.07. The number of nitrogens with one attached hydrogen (secondary N) is 1. The molecule has 1 N–H and O–H groups in total. The molecule has 8 heteroatoms. The van der Waals surface area contributed by atoms with Crippen molar-refractivity contribution >= 4 is 11.8 Å². The molecule has 2 unspecified atom stereocenters. The minimum absolute atomic E-state index is 0.0121. The fourth-order valence-electron chi connectivity index (χ4n) is 5.07. The van der Waals surface area contributed by atoms with E-state index in [9.17, 15) is 18.4 Å². The molecule has 3 rings (SSSR count). The number of nitrogens with zero attached hydrogens (tertiary/aromatic N) is 3. The largest absolute Gasteiger partial charge is 0.339 e. The molecule has 3 atom stereocenters. The standard InChI is InChI=1S/C21H32F2N4O2/c22-16-5-10-26(14-16)20(29)21(6-2-1-3-7-21)8-4-9-25-13-19(28)27-15-17(23)11-18(27)12-24/h16-18,25H,1-11,13-15H2/t16-,17?,18?/m1/s1. The number of amides is 2. The van der Waals surface area contributed by atoms with Gasteiger partial charge in [0.05, 0.1) is 25.7 Å². The maximum Gasteiger partial charge on any atom is 0.237 e. The molecule has 0 spiro atoms. The van der Waals surface area contributed by atoms with Gasteiger partial charge < -0.3 is 15.1 Å². The number of halogens is 2. The molecule has 29 heavy (non-hydrogen) atoms. The first-order valence-corrected chi connectivity index (χ1v) is 10.9. The third kappa shape index (κ3) is 5.25. The highest BCUT2D eigenvalue weighted by Gasteiger charge is 2.43. The van der Waals surface area contributed by atoms with E-state index in [0.717, 1.165) is 44.9 Å². The summed E-state index contributed by atoms with van der Waals surface area (Å²) in [5.41, 5.74) is -0.393. The van der Waals surface area contributed by atoms with Crippen LogP contribution in [0.4, 0.5) is 8.78 Å².